The number of benzene rings is 1. The molecule has 0 aliphatic heterocycles. The van der Waals surface area contributed by atoms with Crippen molar-refractivity contribution in [3.05, 3.63) is 46.6 Å². The van der Waals surface area contributed by atoms with Crippen LogP contribution in [-0.4, -0.2) is 19.9 Å². The van der Waals surface area contributed by atoms with Crippen LogP contribution in [0.3, 0.4) is 0 Å². The lowest BCUT2D eigenvalue weighted by Gasteiger charge is -2.34. The number of nitrogens with zero attached hydrogens (tertiary/aromatic N) is 4. The van der Waals surface area contributed by atoms with Gasteiger partial charge in [-0.2, -0.15) is 10.1 Å². The maximum Gasteiger partial charge on any atom is 0.279 e. The van der Waals surface area contributed by atoms with Gasteiger partial charge in [0.25, 0.3) is 5.89 Å². The molecule has 0 amide bonds. The lowest BCUT2D eigenvalue weighted by molar-refractivity contribution is 0.229. The minimum Gasteiger partial charge on any atom is -0.332 e. The van der Waals surface area contributed by atoms with E-state index in [9.17, 15) is 4.39 Å². The number of aromatic nitrogens is 4. The number of rotatable bonds is 3. The Bertz CT molecular complexity index is 859. The maximum absolute atomic E-state index is 13.0. The summed E-state index contributed by atoms with van der Waals surface area (Å²) in [5.41, 5.74) is 6.98. The van der Waals surface area contributed by atoms with Crippen molar-refractivity contribution < 1.29 is 8.91 Å². The molecular weight excluding hydrogens is 401 g/mol. The molecule has 0 radical (unpaired) electrons. The van der Waals surface area contributed by atoms with Crippen LogP contribution >= 0.6 is 28.3 Å². The molecule has 0 bridgehead atoms. The van der Waals surface area contributed by atoms with E-state index in [4.69, 9.17) is 10.3 Å². The predicted molar refractivity (Wildman–Crippen MR) is 91.5 cm³/mol. The fourth-order valence-corrected chi connectivity index (χ4v) is 2.97. The molecule has 1 aliphatic carbocycles. The van der Waals surface area contributed by atoms with Gasteiger partial charge in [0.1, 0.15) is 5.82 Å². The maximum atomic E-state index is 13.0. The van der Waals surface area contributed by atoms with E-state index >= 15 is 0 Å². The van der Waals surface area contributed by atoms with Gasteiger partial charge in [-0.25, -0.2) is 9.07 Å². The molecule has 3 aromatic rings. The van der Waals surface area contributed by atoms with E-state index in [1.807, 2.05) is 0 Å². The molecule has 126 valence electrons. The summed E-state index contributed by atoms with van der Waals surface area (Å²) in [4.78, 5) is 4.39. The highest BCUT2D eigenvalue weighted by molar-refractivity contribution is 9.10. The van der Waals surface area contributed by atoms with Crippen LogP contribution in [0.5, 0.6) is 0 Å². The predicted octanol–water partition coefficient (Wildman–Crippen LogP) is 3.58. The van der Waals surface area contributed by atoms with Gasteiger partial charge < -0.3 is 10.3 Å². The van der Waals surface area contributed by atoms with Crippen molar-refractivity contribution in [2.24, 2.45) is 5.73 Å². The van der Waals surface area contributed by atoms with E-state index in [1.165, 1.54) is 12.1 Å². The van der Waals surface area contributed by atoms with Crippen molar-refractivity contribution in [3.63, 3.8) is 0 Å². The summed E-state index contributed by atoms with van der Waals surface area (Å²) in [5, 5.41) is 8.42. The molecule has 1 aliphatic rings. The zero-order valence-electron chi connectivity index (χ0n) is 12.4. The third-order valence-electron chi connectivity index (χ3n) is 4.08. The van der Waals surface area contributed by atoms with Gasteiger partial charge in [0.05, 0.1) is 15.7 Å². The minimum atomic E-state index is -0.478. The Hall–Kier alpha value is -1.77. The number of halogens is 3. The van der Waals surface area contributed by atoms with Crippen LogP contribution < -0.4 is 5.73 Å². The second kappa shape index (κ2) is 6.27. The first kappa shape index (κ1) is 17.1. The summed E-state index contributed by atoms with van der Waals surface area (Å²) in [5.74, 6) is 0.530. The molecule has 2 heterocycles. The minimum absolute atomic E-state index is 0. The van der Waals surface area contributed by atoms with Crippen LogP contribution in [0, 0.1) is 5.82 Å². The fraction of sp³-hybridized carbons (Fsp3) is 0.267. The second-order valence-corrected chi connectivity index (χ2v) is 6.53. The number of hydrogen-bond acceptors (Lipinski definition) is 5. The summed E-state index contributed by atoms with van der Waals surface area (Å²) in [6.07, 6.45) is 4.55. The standard InChI is InChI=1S/C15H13BrFN5O.ClH/c16-11-8-22(10-4-2-9(17)3-5-10)20-12(11)13-19-14(21-23-13)15(18)6-1-7-15;/h2-5,8H,1,6-7,18H2;1H. The molecular formula is C15H14BrClFN5O. The van der Waals surface area contributed by atoms with E-state index in [2.05, 4.69) is 31.2 Å². The largest absolute Gasteiger partial charge is 0.332 e. The first-order valence-electron chi connectivity index (χ1n) is 7.20. The Labute approximate surface area is 151 Å². The third-order valence-corrected chi connectivity index (χ3v) is 4.66. The molecule has 2 aromatic heterocycles. The average molecular weight is 415 g/mol. The van der Waals surface area contributed by atoms with Crippen LogP contribution in [0.25, 0.3) is 17.3 Å². The van der Waals surface area contributed by atoms with Crippen molar-refractivity contribution >= 4 is 28.3 Å². The summed E-state index contributed by atoms with van der Waals surface area (Å²) >= 11 is 3.44. The molecule has 1 aromatic carbocycles. The fourth-order valence-electron chi connectivity index (χ4n) is 2.53. The molecule has 1 fully saturated rings. The van der Waals surface area contributed by atoms with Crippen molar-refractivity contribution in [3.8, 4) is 17.3 Å². The van der Waals surface area contributed by atoms with Crippen LogP contribution in [0.4, 0.5) is 4.39 Å². The number of hydrogen-bond donors (Lipinski definition) is 1. The van der Waals surface area contributed by atoms with E-state index in [0.717, 1.165) is 24.9 Å². The molecule has 0 spiro atoms. The van der Waals surface area contributed by atoms with Crippen molar-refractivity contribution in [1.29, 1.82) is 0 Å². The zero-order chi connectivity index (χ0) is 16.0. The van der Waals surface area contributed by atoms with Crippen LogP contribution in [0.15, 0.2) is 39.5 Å². The molecule has 0 saturated heterocycles. The van der Waals surface area contributed by atoms with E-state index in [1.54, 1.807) is 23.0 Å². The summed E-state index contributed by atoms with van der Waals surface area (Å²) in [6.45, 7) is 0. The third kappa shape index (κ3) is 2.85. The van der Waals surface area contributed by atoms with E-state index in [-0.39, 0.29) is 18.2 Å². The molecule has 6 nitrogen and oxygen atoms in total. The Morgan fingerprint density at radius 1 is 1.25 bits per heavy atom. The molecule has 0 unspecified atom stereocenters. The average Bonchev–Trinajstić information content (AvgIpc) is 3.12. The van der Waals surface area contributed by atoms with Gasteiger partial charge >= 0.3 is 0 Å². The molecule has 9 heteroatoms. The van der Waals surface area contributed by atoms with Gasteiger partial charge in [0.2, 0.25) is 0 Å². The molecule has 24 heavy (non-hydrogen) atoms. The van der Waals surface area contributed by atoms with Crippen molar-refractivity contribution in [1.82, 2.24) is 19.9 Å². The Morgan fingerprint density at radius 2 is 1.96 bits per heavy atom. The smallest absolute Gasteiger partial charge is 0.279 e. The van der Waals surface area contributed by atoms with Crippen LogP contribution in [0.2, 0.25) is 0 Å². The van der Waals surface area contributed by atoms with Gasteiger partial charge in [0.15, 0.2) is 11.5 Å². The first-order chi connectivity index (χ1) is 11.0. The SMILES string of the molecule is Cl.NC1(c2noc(-c3nn(-c4ccc(F)cc4)cc3Br)n2)CCC1. The highest BCUT2D eigenvalue weighted by atomic mass is 79.9. The highest BCUT2D eigenvalue weighted by Crippen LogP contribution is 2.38. The zero-order valence-corrected chi connectivity index (χ0v) is 14.8. The highest BCUT2D eigenvalue weighted by Gasteiger charge is 2.39. The van der Waals surface area contributed by atoms with Crippen molar-refractivity contribution in [2.45, 2.75) is 24.8 Å². The van der Waals surface area contributed by atoms with Gasteiger partial charge in [-0.1, -0.05) is 5.16 Å². The van der Waals surface area contributed by atoms with Crippen LogP contribution in [0.1, 0.15) is 25.1 Å². The molecule has 2 N–H and O–H groups in total. The topological polar surface area (TPSA) is 82.8 Å². The normalized spacial score (nSPS) is 15.6. The van der Waals surface area contributed by atoms with Crippen LogP contribution in [-0.2, 0) is 5.54 Å². The van der Waals surface area contributed by atoms with Gasteiger partial charge in [0, 0.05) is 6.20 Å². The Kier molecular flexibility index (Phi) is 4.46. The summed E-state index contributed by atoms with van der Waals surface area (Å²) < 4.78 is 20.7. The summed E-state index contributed by atoms with van der Waals surface area (Å²) in [6, 6.07) is 6.04. The Balaban J connectivity index is 0.00000169. The molecule has 4 rings (SSSR count). The number of nitrogens with two attached hydrogens (primary N) is 1. The quantitative estimate of drug-likeness (QED) is 0.708. The van der Waals surface area contributed by atoms with Crippen molar-refractivity contribution in [2.75, 3.05) is 0 Å². The lowest BCUT2D eigenvalue weighted by Crippen LogP contribution is -2.44. The molecule has 1 saturated carbocycles. The summed E-state index contributed by atoms with van der Waals surface area (Å²) in [7, 11) is 0. The van der Waals surface area contributed by atoms with E-state index in [0.29, 0.717) is 21.9 Å². The van der Waals surface area contributed by atoms with Gasteiger partial charge in [-0.15, -0.1) is 12.4 Å². The van der Waals surface area contributed by atoms with E-state index < -0.39 is 5.54 Å². The lowest BCUT2D eigenvalue weighted by atomic mass is 9.77. The second-order valence-electron chi connectivity index (χ2n) is 5.68. The van der Waals surface area contributed by atoms with Gasteiger partial charge in [-0.3, -0.25) is 0 Å². The van der Waals surface area contributed by atoms with Gasteiger partial charge in [-0.05, 0) is 59.5 Å². The first-order valence-corrected chi connectivity index (χ1v) is 7.99. The monoisotopic (exact) mass is 413 g/mol. The molecule has 0 atom stereocenters. The Morgan fingerprint density at radius 3 is 2.58 bits per heavy atom.